The molecule has 0 spiro atoms. The van der Waals surface area contributed by atoms with Gasteiger partial charge in [0.05, 0.1) is 98.3 Å². The Bertz CT molecular complexity index is 7620. The predicted molar refractivity (Wildman–Crippen MR) is 543 cm³/mol. The summed E-state index contributed by atoms with van der Waals surface area (Å²) in [4.78, 5) is 131. The van der Waals surface area contributed by atoms with E-state index in [1.807, 2.05) is 65.9 Å². The Balaban J connectivity index is 0.000000113. The molecule has 150 heavy (non-hydrogen) atoms. The zero-order valence-electron chi connectivity index (χ0n) is 83.8. The Hall–Kier alpha value is -13.1. The number of rotatable bonds is 20. The summed E-state index contributed by atoms with van der Waals surface area (Å²) in [6.07, 6.45) is 24.6. The number of hydrogen-bond acceptors (Lipinski definition) is 28. The zero-order chi connectivity index (χ0) is 104. The lowest BCUT2D eigenvalue weighted by atomic mass is 9.84. The Morgan fingerprint density at radius 3 is 1.08 bits per heavy atom. The van der Waals surface area contributed by atoms with Crippen LogP contribution in [0.25, 0.3) is 71.9 Å². The molecule has 24 rings (SSSR count). The lowest BCUT2D eigenvalue weighted by molar-refractivity contribution is -0.169. The molecule has 9 aliphatic rings. The van der Waals surface area contributed by atoms with Crippen molar-refractivity contribution in [3.05, 3.63) is 227 Å². The third kappa shape index (κ3) is 25.2. The molecule has 2 aromatic carbocycles. The van der Waals surface area contributed by atoms with Crippen molar-refractivity contribution in [1.82, 2.24) is 123 Å². The largest absolute Gasteiger partial charge is 0.497 e. The highest BCUT2D eigenvalue weighted by atomic mass is 35.5. The van der Waals surface area contributed by atoms with E-state index >= 15 is 0 Å². The number of halogens is 6. The highest BCUT2D eigenvalue weighted by Crippen LogP contribution is 2.39. The normalized spacial score (nSPS) is 19.0. The number of ether oxygens (including phenoxy) is 9. The number of methoxy groups -OCH3 is 1. The van der Waals surface area contributed by atoms with Gasteiger partial charge in [-0.15, -0.1) is 0 Å². The second kappa shape index (κ2) is 48.0. The first kappa shape index (κ1) is 105. The number of para-hydroxylation sites is 1. The van der Waals surface area contributed by atoms with Crippen LogP contribution < -0.4 is 43.7 Å². The fourth-order valence-corrected chi connectivity index (χ4v) is 20.9. The monoisotopic (exact) mass is 2100 g/mol. The molecule has 1 aliphatic carbocycles. The van der Waals surface area contributed by atoms with Crippen molar-refractivity contribution in [2.24, 2.45) is 17.8 Å². The van der Waals surface area contributed by atoms with E-state index in [4.69, 9.17) is 64.2 Å². The summed E-state index contributed by atoms with van der Waals surface area (Å²) in [5.74, 6) is 0.398. The van der Waals surface area contributed by atoms with Crippen molar-refractivity contribution in [3.8, 4) is 11.4 Å². The van der Waals surface area contributed by atoms with E-state index in [1.54, 1.807) is 72.6 Å². The average molecular weight is 2100 g/mol. The molecule has 798 valence electrons. The minimum Gasteiger partial charge on any atom is -0.497 e. The Kier molecular flexibility index (Phi) is 33.8. The van der Waals surface area contributed by atoms with Gasteiger partial charge in [0.25, 0.3) is 38.9 Å². The molecule has 0 radical (unpaired) electrons. The van der Waals surface area contributed by atoms with E-state index in [0.717, 1.165) is 185 Å². The van der Waals surface area contributed by atoms with Crippen molar-refractivity contribution in [2.75, 3.05) is 106 Å². The molecule has 0 bridgehead atoms. The molecule has 15 aromatic rings. The van der Waals surface area contributed by atoms with Gasteiger partial charge in [0.1, 0.15) is 73.0 Å². The van der Waals surface area contributed by atoms with Gasteiger partial charge in [0.15, 0.2) is 33.9 Å². The lowest BCUT2D eigenvalue weighted by Gasteiger charge is -2.27. The van der Waals surface area contributed by atoms with Crippen molar-refractivity contribution in [2.45, 2.75) is 235 Å². The highest BCUT2D eigenvalue weighted by molar-refractivity contribution is 6.31. The van der Waals surface area contributed by atoms with Gasteiger partial charge in [0.2, 0.25) is 5.92 Å². The second-order valence-electron chi connectivity index (χ2n) is 39.7. The summed E-state index contributed by atoms with van der Waals surface area (Å²) >= 11 is 6.32. The molecule has 41 nitrogen and oxygen atoms in total. The number of fused-ring (bicyclic) bond motifs is 6. The molecule has 13 aromatic heterocycles. The van der Waals surface area contributed by atoms with Crippen molar-refractivity contribution in [3.63, 3.8) is 0 Å². The summed E-state index contributed by atoms with van der Waals surface area (Å²) in [6, 6.07) is 17.9. The summed E-state index contributed by atoms with van der Waals surface area (Å²) < 4.78 is 126. The quantitative estimate of drug-likeness (QED) is 0.0386. The first-order valence-corrected chi connectivity index (χ1v) is 52.1. The van der Waals surface area contributed by atoms with Crippen LogP contribution in [0.15, 0.2) is 132 Å². The van der Waals surface area contributed by atoms with E-state index in [9.17, 15) is 55.5 Å². The maximum absolute atomic E-state index is 13.3. The first-order chi connectivity index (χ1) is 72.8. The van der Waals surface area contributed by atoms with E-state index in [1.165, 1.54) is 6.20 Å². The molecule has 21 heterocycles. The number of aromatic nitrogens is 25. The molecule has 8 aliphatic heterocycles. The van der Waals surface area contributed by atoms with E-state index < -0.39 is 23.6 Å². The zero-order valence-corrected chi connectivity index (χ0v) is 84.6. The number of hydrogen-bond donors (Lipinski definition) is 6. The molecular weight excluding hydrogens is 1970 g/mol. The Morgan fingerprint density at radius 1 is 0.400 bits per heavy atom. The molecule has 8 saturated heterocycles. The van der Waals surface area contributed by atoms with Crippen LogP contribution in [0, 0.1) is 24.7 Å². The molecule has 6 N–H and O–H groups in total. The second-order valence-corrected chi connectivity index (χ2v) is 40.1. The lowest BCUT2D eigenvalue weighted by Crippen LogP contribution is -2.26. The third-order valence-corrected chi connectivity index (χ3v) is 29.7. The summed E-state index contributed by atoms with van der Waals surface area (Å²) in [5.41, 5.74) is 5.41. The van der Waals surface area contributed by atoms with Crippen LogP contribution in [0.5, 0.6) is 5.75 Å². The number of H-pyrrole nitrogens is 6. The first-order valence-electron chi connectivity index (χ1n) is 51.7. The number of aromatic amines is 6. The molecule has 2 atom stereocenters. The summed E-state index contributed by atoms with van der Waals surface area (Å²) in [6.45, 7) is 13.5. The molecule has 47 heteroatoms. The van der Waals surface area contributed by atoms with Gasteiger partial charge < -0.3 is 72.5 Å². The van der Waals surface area contributed by atoms with Crippen molar-refractivity contribution < 1.29 is 64.6 Å². The van der Waals surface area contributed by atoms with Gasteiger partial charge in [-0.2, -0.15) is 43.8 Å². The number of aryl methyl sites for hydroxylation is 1. The van der Waals surface area contributed by atoms with Gasteiger partial charge in [-0.05, 0) is 170 Å². The molecular formula is C103H123ClF5N25O16. The number of benzene rings is 2. The van der Waals surface area contributed by atoms with E-state index in [0.29, 0.717) is 203 Å². The minimum atomic E-state index is -4.32. The topological polar surface area (TPSA) is 486 Å². The third-order valence-electron chi connectivity index (χ3n) is 29.3. The number of nitrogens with one attached hydrogen (secondary N) is 6. The van der Waals surface area contributed by atoms with Crippen LogP contribution in [-0.4, -0.2) is 247 Å². The smallest absolute Gasteiger partial charge is 0.391 e. The van der Waals surface area contributed by atoms with Crippen LogP contribution in [0.3, 0.4) is 0 Å². The maximum atomic E-state index is 13.3. The van der Waals surface area contributed by atoms with Crippen LogP contribution in [0.2, 0.25) is 5.02 Å². The van der Waals surface area contributed by atoms with Crippen LogP contribution in [0.4, 0.5) is 22.0 Å². The summed E-state index contributed by atoms with van der Waals surface area (Å²) in [7, 11) is 1.59. The number of nitrogens with zero attached hydrogens (tertiary/aromatic N) is 19. The number of alkyl halides is 5. The van der Waals surface area contributed by atoms with Crippen molar-refractivity contribution >= 4 is 77.8 Å². The SMILES string of the molecule is CC(Cc1nc2c(cnn2C2CCOCC2)c(=O)[nH]1)C(F)(F)F.COc1ccc(Cc2nc3c(cnn3C3CCOCC3)c(=O)[nH]2)c(Cl)c1.Cc1cccn(-c2ccccc2Cc2nc3c(cnn3C3CCOCC3)c(=O)[nH]2)c1=O.O=c1[nH]c(CC2CCC(F)(F)CC2)nc2c1cnn2C1CCOCC1.O=c1[nH]c(CC2CCCO2)nc2c1cnn2C1CCOCC1.O=c1[nH]c(CC2CCOCC2)nc2c1cnn2C1CCOCC1. The van der Waals surface area contributed by atoms with Crippen LogP contribution >= 0.6 is 11.6 Å². The standard InChI is InChI=1S/C23H23N5O3.C18H19ClN4O3.C17H22F2N4O2.C16H22N4O3.C15H20N4O3.C14H17F3N4O2/c1-15-5-4-10-27(23(15)30)19-7-3-2-6-16(19)13-20-25-21-18(22(29)26-20)14-24-28(21)17-8-11-31-12-9-17;1-25-13-3-2-11(15(19)9-13)8-16-21-17-14(18(24)22-16)10-20-23(17)12-4-6-26-7-5-12;18-17(19)5-1-11(2-6-17)9-14-21-15-13(16(24)22-14)10-20-23(15)12-3-7-25-8-4-12;21-16-13-10-17-20(12-3-7-23-8-4-12)15(13)18-14(19-16)9-11-1-5-22-6-2-11;20-15-12-9-16-19(10-3-6-21-7-4-10)14(12)17-13(18-15)8-11-2-1-5-22-11;1-8(14(15,16)17)6-11-19-12-10(13(22)20-11)7-18-21(12)9-2-4-23-5-3-9/h2-7,10,14,17H,8-9,11-13H2,1H3,(H,25,26,29);2-3,9-10,12H,4-8H2,1H3,(H,21,22,24);10-12H,1-9H2,(H,21,22,24);10-12H,1-9H2,(H,18,19,21);9-11H,1-8H2,(H,17,18,20);7-9H,2-6H2,1H3,(H,19,20,22). The molecule has 2 unspecified atom stereocenters. The van der Waals surface area contributed by atoms with Gasteiger partial charge in [0, 0.05) is 167 Å². The van der Waals surface area contributed by atoms with Gasteiger partial charge >= 0.3 is 6.18 Å². The fraction of sp³-hybridized carbons (Fsp3) is 0.544. The fourth-order valence-electron chi connectivity index (χ4n) is 20.7. The Morgan fingerprint density at radius 2 is 0.727 bits per heavy atom. The predicted octanol–water partition coefficient (Wildman–Crippen LogP) is 12.9. The van der Waals surface area contributed by atoms with Gasteiger partial charge in [-0.3, -0.25) is 38.1 Å². The molecule has 0 amide bonds. The van der Waals surface area contributed by atoms with E-state index in [-0.39, 0.29) is 107 Å². The molecule has 1 saturated carbocycles. The summed E-state index contributed by atoms with van der Waals surface area (Å²) in [5, 5.41) is 29.7. The van der Waals surface area contributed by atoms with Gasteiger partial charge in [-0.25, -0.2) is 66.8 Å². The minimum absolute atomic E-state index is 0.0288. The Labute approximate surface area is 858 Å². The van der Waals surface area contributed by atoms with Crippen molar-refractivity contribution in [1.29, 1.82) is 0 Å². The van der Waals surface area contributed by atoms with Crippen LogP contribution in [0.1, 0.15) is 223 Å². The number of pyridine rings is 1. The van der Waals surface area contributed by atoms with E-state index in [2.05, 4.69) is 80.4 Å². The van der Waals surface area contributed by atoms with Gasteiger partial charge in [-0.1, -0.05) is 48.9 Å². The highest BCUT2D eigenvalue weighted by Gasteiger charge is 2.39. The maximum Gasteiger partial charge on any atom is 0.391 e. The van der Waals surface area contributed by atoms with Crippen LogP contribution in [-0.2, 0) is 76.4 Å². The molecule has 9 fully saturated rings. The average Bonchev–Trinajstić information content (AvgIpc) is 1.63.